The van der Waals surface area contributed by atoms with Gasteiger partial charge in [0.2, 0.25) is 11.8 Å². The van der Waals surface area contributed by atoms with Crippen LogP contribution in [-0.2, 0) is 9.59 Å². The van der Waals surface area contributed by atoms with E-state index in [1.165, 1.54) is 6.07 Å². The van der Waals surface area contributed by atoms with E-state index in [1.54, 1.807) is 24.0 Å². The third-order valence-electron chi connectivity index (χ3n) is 4.94. The Kier molecular flexibility index (Phi) is 4.36. The van der Waals surface area contributed by atoms with E-state index in [1.807, 2.05) is 42.5 Å². The molecule has 3 aromatic rings. The van der Waals surface area contributed by atoms with Gasteiger partial charge in [-0.05, 0) is 36.1 Å². The highest BCUT2D eigenvalue weighted by Crippen LogP contribution is 2.32. The zero-order chi connectivity index (χ0) is 19.0. The number of rotatable bonds is 3. The topological polar surface area (TPSA) is 49.4 Å². The van der Waals surface area contributed by atoms with Crippen molar-refractivity contribution in [2.45, 2.75) is 13.3 Å². The van der Waals surface area contributed by atoms with E-state index in [0.29, 0.717) is 0 Å². The second-order valence-corrected chi connectivity index (χ2v) is 6.88. The number of nitrogens with one attached hydrogen (secondary N) is 1. The number of carbonyl (C=O) groups excluding carboxylic acids is 2. The number of anilines is 2. The van der Waals surface area contributed by atoms with Crippen molar-refractivity contribution in [1.29, 1.82) is 0 Å². The highest BCUT2D eigenvalue weighted by molar-refractivity contribution is 6.08. The van der Waals surface area contributed by atoms with E-state index in [2.05, 4.69) is 5.32 Å². The van der Waals surface area contributed by atoms with Gasteiger partial charge in [0.25, 0.3) is 0 Å². The Balaban J connectivity index is 1.56. The van der Waals surface area contributed by atoms with Crippen LogP contribution in [0.4, 0.5) is 15.8 Å². The molecule has 0 bridgehead atoms. The molecule has 2 amide bonds. The highest BCUT2D eigenvalue weighted by Gasteiger charge is 2.35. The van der Waals surface area contributed by atoms with E-state index in [-0.39, 0.29) is 30.5 Å². The first-order valence-corrected chi connectivity index (χ1v) is 8.88. The van der Waals surface area contributed by atoms with E-state index in [4.69, 9.17) is 0 Å². The molecule has 1 aliphatic heterocycles. The van der Waals surface area contributed by atoms with Gasteiger partial charge in [0.05, 0.1) is 17.3 Å². The highest BCUT2D eigenvalue weighted by atomic mass is 19.1. The molecule has 27 heavy (non-hydrogen) atoms. The van der Waals surface area contributed by atoms with Crippen LogP contribution < -0.4 is 10.2 Å². The van der Waals surface area contributed by atoms with Crippen LogP contribution in [0.15, 0.2) is 60.7 Å². The lowest BCUT2D eigenvalue weighted by Crippen LogP contribution is -2.28. The van der Waals surface area contributed by atoms with Gasteiger partial charge < -0.3 is 10.2 Å². The van der Waals surface area contributed by atoms with Gasteiger partial charge in [0, 0.05) is 18.4 Å². The maximum Gasteiger partial charge on any atom is 0.229 e. The summed E-state index contributed by atoms with van der Waals surface area (Å²) < 4.78 is 14.0. The molecule has 1 saturated heterocycles. The molecule has 0 saturated carbocycles. The number of aryl methyl sites for hydroxylation is 1. The van der Waals surface area contributed by atoms with Gasteiger partial charge in [-0.1, -0.05) is 42.5 Å². The molecule has 3 aromatic carbocycles. The Bertz CT molecular complexity index is 1040. The molecule has 0 radical (unpaired) electrons. The average Bonchev–Trinajstić information content (AvgIpc) is 3.05. The maximum atomic E-state index is 14.0. The summed E-state index contributed by atoms with van der Waals surface area (Å²) in [5.74, 6) is -1.43. The van der Waals surface area contributed by atoms with Gasteiger partial charge in [-0.2, -0.15) is 0 Å². The van der Waals surface area contributed by atoms with Crippen LogP contribution in [0.3, 0.4) is 0 Å². The first-order chi connectivity index (χ1) is 13.0. The number of amides is 2. The minimum atomic E-state index is -0.517. The van der Waals surface area contributed by atoms with Gasteiger partial charge in [-0.25, -0.2) is 4.39 Å². The van der Waals surface area contributed by atoms with Gasteiger partial charge in [-0.15, -0.1) is 0 Å². The molecule has 4 rings (SSSR count). The van der Waals surface area contributed by atoms with Crippen molar-refractivity contribution in [3.63, 3.8) is 0 Å². The summed E-state index contributed by atoms with van der Waals surface area (Å²) >= 11 is 0. The summed E-state index contributed by atoms with van der Waals surface area (Å²) in [5, 5.41) is 4.63. The van der Waals surface area contributed by atoms with Crippen molar-refractivity contribution in [2.24, 2.45) is 5.92 Å². The number of benzene rings is 3. The van der Waals surface area contributed by atoms with Crippen LogP contribution >= 0.6 is 0 Å². The molecule has 1 heterocycles. The summed E-state index contributed by atoms with van der Waals surface area (Å²) in [4.78, 5) is 26.8. The van der Waals surface area contributed by atoms with Crippen molar-refractivity contribution in [2.75, 3.05) is 16.8 Å². The minimum absolute atomic E-state index is 0.101. The molecule has 1 aliphatic rings. The fourth-order valence-corrected chi connectivity index (χ4v) is 3.52. The number of fused-ring (bicyclic) bond motifs is 1. The average molecular weight is 362 g/mol. The normalized spacial score (nSPS) is 16.7. The van der Waals surface area contributed by atoms with Crippen molar-refractivity contribution >= 4 is 34.0 Å². The molecule has 1 N–H and O–H groups in total. The first kappa shape index (κ1) is 17.2. The fourth-order valence-electron chi connectivity index (χ4n) is 3.52. The predicted molar refractivity (Wildman–Crippen MR) is 104 cm³/mol. The van der Waals surface area contributed by atoms with Gasteiger partial charge in [-0.3, -0.25) is 9.59 Å². The molecule has 4 nitrogen and oxygen atoms in total. The Labute approximate surface area is 156 Å². The van der Waals surface area contributed by atoms with Crippen LogP contribution in [0.25, 0.3) is 10.8 Å². The van der Waals surface area contributed by atoms with E-state index >= 15 is 0 Å². The smallest absolute Gasteiger partial charge is 0.229 e. The number of halogens is 1. The summed E-state index contributed by atoms with van der Waals surface area (Å²) in [6, 6.07) is 18.3. The lowest BCUT2D eigenvalue weighted by molar-refractivity contribution is -0.122. The second kappa shape index (κ2) is 6.83. The number of hydrogen-bond donors (Lipinski definition) is 1. The predicted octanol–water partition coefficient (Wildman–Crippen LogP) is 4.28. The Morgan fingerprint density at radius 2 is 1.89 bits per heavy atom. The SMILES string of the molecule is Cc1ccc(NC(=O)[C@@H]2CC(=O)N(c3cccc4ccccc34)C2)c(F)c1. The molecular formula is C22H19FN2O2. The largest absolute Gasteiger partial charge is 0.323 e. The monoisotopic (exact) mass is 362 g/mol. The van der Waals surface area contributed by atoms with Crippen LogP contribution in [0.1, 0.15) is 12.0 Å². The summed E-state index contributed by atoms with van der Waals surface area (Å²) in [6.07, 6.45) is 0.114. The van der Waals surface area contributed by atoms with Crippen LogP contribution in [0.2, 0.25) is 0 Å². The summed E-state index contributed by atoms with van der Waals surface area (Å²) in [5.41, 5.74) is 1.72. The summed E-state index contributed by atoms with van der Waals surface area (Å²) in [6.45, 7) is 2.07. The number of hydrogen-bond acceptors (Lipinski definition) is 2. The molecular weight excluding hydrogens is 343 g/mol. The van der Waals surface area contributed by atoms with Gasteiger partial charge in [0.15, 0.2) is 0 Å². The summed E-state index contributed by atoms with van der Waals surface area (Å²) in [7, 11) is 0. The van der Waals surface area contributed by atoms with E-state index in [0.717, 1.165) is 22.0 Å². The lowest BCUT2D eigenvalue weighted by Gasteiger charge is -2.19. The van der Waals surface area contributed by atoms with Crippen LogP contribution in [0, 0.1) is 18.7 Å². The quantitative estimate of drug-likeness (QED) is 0.756. The standard InChI is InChI=1S/C22H19FN2O2/c1-14-9-10-19(18(23)11-14)24-22(27)16-12-21(26)25(13-16)20-8-4-6-15-5-2-3-7-17(15)20/h2-11,16H,12-13H2,1H3,(H,24,27)/t16-/m1/s1. The van der Waals surface area contributed by atoms with Crippen LogP contribution in [0.5, 0.6) is 0 Å². The molecule has 0 unspecified atom stereocenters. The third-order valence-corrected chi connectivity index (χ3v) is 4.94. The van der Waals surface area contributed by atoms with Gasteiger partial charge >= 0.3 is 0 Å². The molecule has 136 valence electrons. The Hall–Kier alpha value is -3.21. The van der Waals surface area contributed by atoms with Crippen molar-refractivity contribution in [3.8, 4) is 0 Å². The van der Waals surface area contributed by atoms with Crippen molar-refractivity contribution < 1.29 is 14.0 Å². The molecule has 1 atom stereocenters. The van der Waals surface area contributed by atoms with Crippen LogP contribution in [-0.4, -0.2) is 18.4 Å². The lowest BCUT2D eigenvalue weighted by atomic mass is 10.1. The molecule has 0 aromatic heterocycles. The van der Waals surface area contributed by atoms with Gasteiger partial charge in [0.1, 0.15) is 5.82 Å². The Morgan fingerprint density at radius 3 is 2.70 bits per heavy atom. The van der Waals surface area contributed by atoms with E-state index in [9.17, 15) is 14.0 Å². The van der Waals surface area contributed by atoms with Crippen molar-refractivity contribution in [1.82, 2.24) is 0 Å². The molecule has 5 heteroatoms. The zero-order valence-electron chi connectivity index (χ0n) is 14.9. The van der Waals surface area contributed by atoms with E-state index < -0.39 is 11.7 Å². The number of nitrogens with zero attached hydrogens (tertiary/aromatic N) is 1. The number of carbonyl (C=O) groups is 2. The second-order valence-electron chi connectivity index (χ2n) is 6.88. The third kappa shape index (κ3) is 3.28. The first-order valence-electron chi connectivity index (χ1n) is 8.88. The van der Waals surface area contributed by atoms with Crippen molar-refractivity contribution in [3.05, 3.63) is 72.0 Å². The zero-order valence-corrected chi connectivity index (χ0v) is 14.9. The molecule has 0 aliphatic carbocycles. The molecule has 0 spiro atoms. The molecule has 1 fully saturated rings. The maximum absolute atomic E-state index is 14.0. The minimum Gasteiger partial charge on any atom is -0.323 e. The Morgan fingerprint density at radius 1 is 1.11 bits per heavy atom. The fraction of sp³-hybridized carbons (Fsp3) is 0.182.